The topological polar surface area (TPSA) is 115 Å². The van der Waals surface area contributed by atoms with E-state index in [4.69, 9.17) is 9.37 Å². The van der Waals surface area contributed by atoms with Crippen molar-refractivity contribution in [3.8, 4) is 5.69 Å². The second kappa shape index (κ2) is 9.25. The van der Waals surface area contributed by atoms with Crippen LogP contribution in [0.5, 0.6) is 0 Å². The number of rotatable bonds is 6. The molecule has 2 aliphatic rings. The predicted octanol–water partition coefficient (Wildman–Crippen LogP) is 1.55. The van der Waals surface area contributed by atoms with Gasteiger partial charge in [0.15, 0.2) is 0 Å². The molecular formula is C24H26N8O3. The summed E-state index contributed by atoms with van der Waals surface area (Å²) >= 11 is 0. The summed E-state index contributed by atoms with van der Waals surface area (Å²) in [5.41, 5.74) is 5.62. The molecule has 0 saturated carbocycles. The molecule has 1 unspecified atom stereocenters. The van der Waals surface area contributed by atoms with Gasteiger partial charge in [0.05, 0.1) is 24.3 Å². The number of fused-ring (bicyclic) bond motifs is 2. The van der Waals surface area contributed by atoms with E-state index in [1.807, 2.05) is 37.3 Å². The fraction of sp³-hybridized carbons (Fsp3) is 0.417. The fourth-order valence-corrected chi connectivity index (χ4v) is 5.21. The molecule has 4 aromatic rings. The van der Waals surface area contributed by atoms with Crippen LogP contribution >= 0.6 is 0 Å². The summed E-state index contributed by atoms with van der Waals surface area (Å²) in [6.07, 6.45) is 2.59. The van der Waals surface area contributed by atoms with Crippen LogP contribution in [0.15, 0.2) is 47.4 Å². The van der Waals surface area contributed by atoms with Gasteiger partial charge in [-0.1, -0.05) is 18.2 Å². The third kappa shape index (κ3) is 4.22. The van der Waals surface area contributed by atoms with Crippen LogP contribution in [0.25, 0.3) is 16.7 Å². The van der Waals surface area contributed by atoms with Crippen molar-refractivity contribution in [2.45, 2.75) is 25.0 Å². The van der Waals surface area contributed by atoms with Crippen molar-refractivity contribution in [2.24, 2.45) is 0 Å². The van der Waals surface area contributed by atoms with Crippen LogP contribution in [-0.4, -0.2) is 92.0 Å². The zero-order valence-electron chi connectivity index (χ0n) is 19.4. The molecule has 3 atom stereocenters. The van der Waals surface area contributed by atoms with E-state index in [1.165, 1.54) is 0 Å². The van der Waals surface area contributed by atoms with E-state index in [0.717, 1.165) is 65.9 Å². The van der Waals surface area contributed by atoms with Crippen LogP contribution in [0, 0.1) is 6.92 Å². The van der Waals surface area contributed by atoms with Crippen molar-refractivity contribution < 1.29 is 14.2 Å². The SMILES string of the molecule is Cc1c([C@H]2CN3CCN(CC(C=O)c4ccc(-n5cnnn5)cc4)C[C@H]3CO2)ccc2nonc12. The van der Waals surface area contributed by atoms with Gasteiger partial charge in [-0.05, 0) is 62.6 Å². The lowest BCUT2D eigenvalue weighted by Crippen LogP contribution is -2.58. The molecule has 35 heavy (non-hydrogen) atoms. The summed E-state index contributed by atoms with van der Waals surface area (Å²) in [6.45, 7) is 6.97. The molecule has 2 aromatic heterocycles. The Balaban J connectivity index is 1.09. The Morgan fingerprint density at radius 3 is 2.80 bits per heavy atom. The minimum atomic E-state index is -0.188. The van der Waals surface area contributed by atoms with Gasteiger partial charge in [-0.15, -0.1) is 5.10 Å². The van der Waals surface area contributed by atoms with Gasteiger partial charge < -0.3 is 9.53 Å². The normalized spacial score (nSPS) is 22.2. The Hall–Kier alpha value is -3.54. The minimum Gasteiger partial charge on any atom is -0.370 e. The molecule has 0 N–H and O–H groups in total. The number of carbonyl (C=O) groups is 1. The number of piperazine rings is 1. The minimum absolute atomic E-state index is 0.000301. The third-order valence-electron chi connectivity index (χ3n) is 7.20. The van der Waals surface area contributed by atoms with Gasteiger partial charge >= 0.3 is 0 Å². The van der Waals surface area contributed by atoms with Crippen LogP contribution in [0.4, 0.5) is 0 Å². The standard InChI is InChI=1S/C24H26N8O3/c1-16-21(6-7-22-24(16)27-35-26-22)23-12-31-9-8-30(11-20(31)14-34-23)10-18(13-33)17-2-4-19(5-3-17)32-15-25-28-29-32/h2-7,13,15,18,20,23H,8-12,14H2,1H3/t18?,20-,23+/m0/s1. The van der Waals surface area contributed by atoms with E-state index in [-0.39, 0.29) is 12.0 Å². The maximum atomic E-state index is 12.0. The number of tetrazole rings is 1. The molecule has 2 aliphatic heterocycles. The van der Waals surface area contributed by atoms with Gasteiger partial charge in [0, 0.05) is 38.8 Å². The molecule has 6 rings (SSSR count). The Morgan fingerprint density at radius 2 is 2.00 bits per heavy atom. The van der Waals surface area contributed by atoms with E-state index in [2.05, 4.69) is 41.7 Å². The molecule has 4 heterocycles. The predicted molar refractivity (Wildman–Crippen MR) is 125 cm³/mol. The maximum Gasteiger partial charge on any atom is 0.143 e. The molecule has 180 valence electrons. The Morgan fingerprint density at radius 1 is 1.11 bits per heavy atom. The summed E-state index contributed by atoms with van der Waals surface area (Å²) < 4.78 is 12.8. The van der Waals surface area contributed by atoms with E-state index < -0.39 is 0 Å². The number of benzene rings is 2. The third-order valence-corrected chi connectivity index (χ3v) is 7.20. The number of nitrogens with zero attached hydrogens (tertiary/aromatic N) is 8. The van der Waals surface area contributed by atoms with Gasteiger partial charge in [-0.25, -0.2) is 9.31 Å². The molecular weight excluding hydrogens is 448 g/mol. The van der Waals surface area contributed by atoms with Gasteiger partial charge in [-0.3, -0.25) is 9.80 Å². The molecule has 0 bridgehead atoms. The van der Waals surface area contributed by atoms with Crippen molar-refractivity contribution in [1.82, 2.24) is 40.3 Å². The monoisotopic (exact) mass is 474 g/mol. The largest absolute Gasteiger partial charge is 0.370 e. The van der Waals surface area contributed by atoms with Crippen molar-refractivity contribution in [3.63, 3.8) is 0 Å². The van der Waals surface area contributed by atoms with Gasteiger partial charge in [0.2, 0.25) is 0 Å². The van der Waals surface area contributed by atoms with Crippen molar-refractivity contribution in [1.29, 1.82) is 0 Å². The smallest absolute Gasteiger partial charge is 0.143 e. The summed E-state index contributed by atoms with van der Waals surface area (Å²) in [7, 11) is 0. The van der Waals surface area contributed by atoms with E-state index in [9.17, 15) is 4.79 Å². The van der Waals surface area contributed by atoms with Gasteiger partial charge in [-0.2, -0.15) is 0 Å². The van der Waals surface area contributed by atoms with E-state index >= 15 is 0 Å². The Labute approximate surface area is 201 Å². The highest BCUT2D eigenvalue weighted by Crippen LogP contribution is 2.31. The average Bonchev–Trinajstić information content (AvgIpc) is 3.60. The number of hydrogen-bond donors (Lipinski definition) is 0. The van der Waals surface area contributed by atoms with Crippen LogP contribution in [-0.2, 0) is 9.53 Å². The fourth-order valence-electron chi connectivity index (χ4n) is 5.21. The van der Waals surface area contributed by atoms with Crippen LogP contribution in [0.2, 0.25) is 0 Å². The lowest BCUT2D eigenvalue weighted by Gasteiger charge is -2.46. The highest BCUT2D eigenvalue weighted by atomic mass is 16.6. The van der Waals surface area contributed by atoms with E-state index in [0.29, 0.717) is 19.2 Å². The zero-order chi connectivity index (χ0) is 23.8. The molecule has 2 fully saturated rings. The second-order valence-electron chi connectivity index (χ2n) is 9.23. The molecule has 0 amide bonds. The Bertz CT molecular complexity index is 1310. The van der Waals surface area contributed by atoms with Crippen molar-refractivity contribution in [3.05, 3.63) is 59.4 Å². The van der Waals surface area contributed by atoms with Crippen LogP contribution in [0.1, 0.15) is 28.7 Å². The number of aryl methyl sites for hydroxylation is 1. The number of aldehydes is 1. The number of morpholine rings is 1. The maximum absolute atomic E-state index is 12.0. The Kier molecular flexibility index (Phi) is 5.80. The molecule has 0 aliphatic carbocycles. The molecule has 0 spiro atoms. The summed E-state index contributed by atoms with van der Waals surface area (Å²) in [4.78, 5) is 16.8. The second-order valence-corrected chi connectivity index (χ2v) is 9.23. The molecule has 11 nitrogen and oxygen atoms in total. The average molecular weight is 475 g/mol. The summed E-state index contributed by atoms with van der Waals surface area (Å²) in [5.74, 6) is -0.188. The summed E-state index contributed by atoms with van der Waals surface area (Å²) in [6, 6.07) is 12.1. The van der Waals surface area contributed by atoms with E-state index in [1.54, 1.807) is 11.0 Å². The van der Waals surface area contributed by atoms with Gasteiger partial charge in [0.25, 0.3) is 0 Å². The lowest BCUT2D eigenvalue weighted by molar-refractivity contribution is -0.110. The quantitative estimate of drug-likeness (QED) is 0.381. The number of aromatic nitrogens is 6. The number of ether oxygens (including phenoxy) is 1. The first kappa shape index (κ1) is 22.0. The van der Waals surface area contributed by atoms with Crippen LogP contribution < -0.4 is 0 Å². The molecule has 11 heteroatoms. The molecule has 0 radical (unpaired) electrons. The number of hydrogen-bond acceptors (Lipinski definition) is 10. The molecule has 2 saturated heterocycles. The first-order valence-corrected chi connectivity index (χ1v) is 11.8. The van der Waals surface area contributed by atoms with Crippen molar-refractivity contribution in [2.75, 3.05) is 39.3 Å². The number of carbonyl (C=O) groups excluding carboxylic acids is 1. The molecule has 2 aromatic carbocycles. The van der Waals surface area contributed by atoms with Crippen LogP contribution in [0.3, 0.4) is 0 Å². The first-order valence-electron chi connectivity index (χ1n) is 11.8. The summed E-state index contributed by atoms with van der Waals surface area (Å²) in [5, 5.41) is 19.2. The van der Waals surface area contributed by atoms with Crippen molar-refractivity contribution >= 4 is 17.3 Å². The lowest BCUT2D eigenvalue weighted by atomic mass is 9.97. The zero-order valence-corrected chi connectivity index (χ0v) is 19.4. The highest BCUT2D eigenvalue weighted by Gasteiger charge is 2.35. The first-order chi connectivity index (χ1) is 17.2. The highest BCUT2D eigenvalue weighted by molar-refractivity contribution is 5.78. The van der Waals surface area contributed by atoms with Gasteiger partial charge in [0.1, 0.15) is 23.6 Å².